The van der Waals surface area contributed by atoms with Crippen molar-refractivity contribution in [3.8, 4) is 5.75 Å². The molecule has 0 bridgehead atoms. The van der Waals surface area contributed by atoms with Gasteiger partial charge in [0.1, 0.15) is 11.4 Å². The van der Waals surface area contributed by atoms with Crippen LogP contribution in [0.15, 0.2) is 24.3 Å². The molecule has 1 saturated carbocycles. The molecule has 0 aliphatic heterocycles. The summed E-state index contributed by atoms with van der Waals surface area (Å²) >= 11 is 0. The Balaban J connectivity index is 2.06. The van der Waals surface area contributed by atoms with Crippen LogP contribution in [0, 0.1) is 5.92 Å². The maximum Gasteiger partial charge on any atom is 0.256 e. The summed E-state index contributed by atoms with van der Waals surface area (Å²) in [5.74, 6) is 1.30. The number of benzene rings is 1. The Morgan fingerprint density at radius 3 is 2.61 bits per heavy atom. The highest BCUT2D eigenvalue weighted by Gasteiger charge is 2.42. The van der Waals surface area contributed by atoms with Crippen LogP contribution in [0.3, 0.4) is 0 Å². The number of amides is 1. The SMILES string of the molecule is CCO[C@@]1(C(=O)Nc2ccc(OC(C)C)cc2)CCC[C@@H](C)C1. The van der Waals surface area contributed by atoms with E-state index < -0.39 is 5.60 Å². The first-order chi connectivity index (χ1) is 10.9. The maximum absolute atomic E-state index is 12.8. The molecule has 0 radical (unpaired) electrons. The number of ether oxygens (including phenoxy) is 2. The molecule has 2 rings (SSSR count). The first-order valence-electron chi connectivity index (χ1n) is 8.67. The van der Waals surface area contributed by atoms with Gasteiger partial charge in [-0.2, -0.15) is 0 Å². The van der Waals surface area contributed by atoms with E-state index in [9.17, 15) is 4.79 Å². The zero-order chi connectivity index (χ0) is 16.9. The Morgan fingerprint density at radius 1 is 1.35 bits per heavy atom. The highest BCUT2D eigenvalue weighted by Crippen LogP contribution is 2.36. The molecule has 128 valence electrons. The lowest BCUT2D eigenvalue weighted by atomic mass is 9.78. The monoisotopic (exact) mass is 319 g/mol. The molecule has 1 N–H and O–H groups in total. The molecule has 0 unspecified atom stereocenters. The molecule has 2 atom stereocenters. The molecule has 1 amide bonds. The highest BCUT2D eigenvalue weighted by molar-refractivity contribution is 5.97. The molecule has 0 heterocycles. The zero-order valence-electron chi connectivity index (χ0n) is 14.7. The van der Waals surface area contributed by atoms with E-state index in [0.717, 1.165) is 30.7 Å². The summed E-state index contributed by atoms with van der Waals surface area (Å²) in [7, 11) is 0. The van der Waals surface area contributed by atoms with E-state index in [-0.39, 0.29) is 12.0 Å². The van der Waals surface area contributed by atoms with Gasteiger partial charge in [-0.05, 0) is 70.2 Å². The molecule has 1 aromatic rings. The molecule has 23 heavy (non-hydrogen) atoms. The average Bonchev–Trinajstić information content (AvgIpc) is 2.49. The zero-order valence-corrected chi connectivity index (χ0v) is 14.7. The number of hydrogen-bond donors (Lipinski definition) is 1. The maximum atomic E-state index is 12.8. The normalized spacial score (nSPS) is 24.5. The minimum Gasteiger partial charge on any atom is -0.491 e. The lowest BCUT2D eigenvalue weighted by molar-refractivity contribution is -0.147. The summed E-state index contributed by atoms with van der Waals surface area (Å²) in [5, 5.41) is 3.02. The van der Waals surface area contributed by atoms with Crippen LogP contribution in [-0.4, -0.2) is 24.2 Å². The van der Waals surface area contributed by atoms with Crippen LogP contribution in [0.2, 0.25) is 0 Å². The van der Waals surface area contributed by atoms with Crippen molar-refractivity contribution in [3.63, 3.8) is 0 Å². The molecule has 0 spiro atoms. The quantitative estimate of drug-likeness (QED) is 0.845. The van der Waals surface area contributed by atoms with Crippen molar-refractivity contribution in [1.82, 2.24) is 0 Å². The van der Waals surface area contributed by atoms with Crippen LogP contribution >= 0.6 is 0 Å². The predicted octanol–water partition coefficient (Wildman–Crippen LogP) is 4.40. The van der Waals surface area contributed by atoms with E-state index in [1.54, 1.807) is 0 Å². The summed E-state index contributed by atoms with van der Waals surface area (Å²) < 4.78 is 11.5. The second-order valence-corrected chi connectivity index (χ2v) is 6.77. The van der Waals surface area contributed by atoms with E-state index >= 15 is 0 Å². The van der Waals surface area contributed by atoms with E-state index in [1.165, 1.54) is 6.42 Å². The molecule has 1 fully saturated rings. The van der Waals surface area contributed by atoms with E-state index in [1.807, 2.05) is 45.0 Å². The molecular weight excluding hydrogens is 290 g/mol. The second-order valence-electron chi connectivity index (χ2n) is 6.77. The Bertz CT molecular complexity index is 508. The third-order valence-corrected chi connectivity index (χ3v) is 4.27. The fraction of sp³-hybridized carbons (Fsp3) is 0.632. The van der Waals surface area contributed by atoms with Crippen LogP contribution < -0.4 is 10.1 Å². The smallest absolute Gasteiger partial charge is 0.256 e. The van der Waals surface area contributed by atoms with Crippen molar-refractivity contribution in [2.24, 2.45) is 5.92 Å². The number of nitrogens with one attached hydrogen (secondary N) is 1. The van der Waals surface area contributed by atoms with Crippen molar-refractivity contribution in [2.75, 3.05) is 11.9 Å². The number of carbonyl (C=O) groups excluding carboxylic acids is 1. The van der Waals surface area contributed by atoms with Crippen LogP contribution in [0.4, 0.5) is 5.69 Å². The fourth-order valence-corrected chi connectivity index (χ4v) is 3.32. The van der Waals surface area contributed by atoms with Crippen LogP contribution in [0.1, 0.15) is 53.4 Å². The van der Waals surface area contributed by atoms with Gasteiger partial charge in [-0.3, -0.25) is 4.79 Å². The summed E-state index contributed by atoms with van der Waals surface area (Å²) in [4.78, 5) is 12.8. The molecule has 1 aliphatic carbocycles. The summed E-state index contributed by atoms with van der Waals surface area (Å²) in [6, 6.07) is 7.52. The van der Waals surface area contributed by atoms with Gasteiger partial charge in [0.25, 0.3) is 5.91 Å². The molecule has 0 aromatic heterocycles. The van der Waals surface area contributed by atoms with E-state index in [0.29, 0.717) is 12.5 Å². The molecule has 1 aromatic carbocycles. The summed E-state index contributed by atoms with van der Waals surface area (Å²) in [6.45, 7) is 8.68. The lowest BCUT2D eigenvalue weighted by Gasteiger charge is -2.38. The number of carbonyl (C=O) groups is 1. The van der Waals surface area contributed by atoms with Crippen molar-refractivity contribution in [3.05, 3.63) is 24.3 Å². The van der Waals surface area contributed by atoms with Crippen molar-refractivity contribution in [2.45, 2.75) is 65.1 Å². The minimum atomic E-state index is -0.681. The number of anilines is 1. The number of hydrogen-bond acceptors (Lipinski definition) is 3. The minimum absolute atomic E-state index is 0.0246. The standard InChI is InChI=1S/C19H29NO3/c1-5-22-19(12-6-7-15(4)13-19)18(21)20-16-8-10-17(11-9-16)23-14(2)3/h8-11,14-15H,5-7,12-13H2,1-4H3,(H,20,21)/t15-,19+/m1/s1. The van der Waals surface area contributed by atoms with Crippen molar-refractivity contribution < 1.29 is 14.3 Å². The second kappa shape index (κ2) is 7.82. The van der Waals surface area contributed by atoms with Crippen molar-refractivity contribution in [1.29, 1.82) is 0 Å². The molecule has 4 heteroatoms. The summed E-state index contributed by atoms with van der Waals surface area (Å²) in [6.07, 6.45) is 3.94. The Kier molecular flexibility index (Phi) is 6.05. The molecule has 4 nitrogen and oxygen atoms in total. The summed E-state index contributed by atoms with van der Waals surface area (Å²) in [5.41, 5.74) is 0.0999. The first kappa shape index (κ1) is 17.8. The van der Waals surface area contributed by atoms with Crippen molar-refractivity contribution >= 4 is 11.6 Å². The van der Waals surface area contributed by atoms with Crippen LogP contribution in [0.5, 0.6) is 5.75 Å². The highest BCUT2D eigenvalue weighted by atomic mass is 16.5. The molecule has 0 saturated heterocycles. The lowest BCUT2D eigenvalue weighted by Crippen LogP contribution is -2.48. The topological polar surface area (TPSA) is 47.6 Å². The van der Waals surface area contributed by atoms with Gasteiger partial charge in [-0.25, -0.2) is 0 Å². The largest absolute Gasteiger partial charge is 0.491 e. The van der Waals surface area contributed by atoms with Gasteiger partial charge in [0.2, 0.25) is 0 Å². The van der Waals surface area contributed by atoms with E-state index in [4.69, 9.17) is 9.47 Å². The third-order valence-electron chi connectivity index (χ3n) is 4.27. The average molecular weight is 319 g/mol. The van der Waals surface area contributed by atoms with Gasteiger partial charge in [0, 0.05) is 12.3 Å². The van der Waals surface area contributed by atoms with Crippen LogP contribution in [-0.2, 0) is 9.53 Å². The van der Waals surface area contributed by atoms with Gasteiger partial charge in [-0.1, -0.05) is 13.3 Å². The number of rotatable bonds is 6. The Morgan fingerprint density at radius 2 is 2.04 bits per heavy atom. The van der Waals surface area contributed by atoms with Gasteiger partial charge in [0.15, 0.2) is 0 Å². The van der Waals surface area contributed by atoms with Crippen LogP contribution in [0.25, 0.3) is 0 Å². The molecule has 1 aliphatic rings. The Labute approximate surface area is 139 Å². The van der Waals surface area contributed by atoms with Gasteiger partial charge >= 0.3 is 0 Å². The van der Waals surface area contributed by atoms with Gasteiger partial charge in [-0.15, -0.1) is 0 Å². The van der Waals surface area contributed by atoms with Gasteiger partial charge < -0.3 is 14.8 Å². The predicted molar refractivity (Wildman–Crippen MR) is 92.8 cm³/mol. The Hall–Kier alpha value is -1.55. The third kappa shape index (κ3) is 4.71. The fourth-order valence-electron chi connectivity index (χ4n) is 3.32. The van der Waals surface area contributed by atoms with E-state index in [2.05, 4.69) is 12.2 Å². The first-order valence-corrected chi connectivity index (χ1v) is 8.67. The van der Waals surface area contributed by atoms with Gasteiger partial charge in [0.05, 0.1) is 6.10 Å². The molecular formula is C19H29NO3.